The van der Waals surface area contributed by atoms with Crippen LogP contribution >= 0.6 is 22.9 Å². The van der Waals surface area contributed by atoms with E-state index in [-0.39, 0.29) is 11.9 Å². The van der Waals surface area contributed by atoms with Crippen LogP contribution in [0, 0.1) is 0 Å². The molecule has 1 aliphatic carbocycles. The zero-order valence-electron chi connectivity index (χ0n) is 10.4. The lowest BCUT2D eigenvalue weighted by Crippen LogP contribution is -2.30. The second-order valence-corrected chi connectivity index (χ2v) is 6.44. The maximum atomic E-state index is 12.2. The second kappa shape index (κ2) is 5.35. The molecule has 0 bridgehead atoms. The van der Waals surface area contributed by atoms with Gasteiger partial charge in [-0.15, -0.1) is 11.3 Å². The molecule has 2 nitrogen and oxygen atoms in total. The summed E-state index contributed by atoms with van der Waals surface area (Å²) >= 11 is 7.19. The molecule has 4 heteroatoms. The minimum Gasteiger partial charge on any atom is -0.345 e. The lowest BCUT2D eigenvalue weighted by atomic mass is 9.88. The minimum absolute atomic E-state index is 0.0291. The summed E-state index contributed by atoms with van der Waals surface area (Å²) in [5, 5.41) is 3.12. The predicted octanol–water partition coefficient (Wildman–Crippen LogP) is 4.21. The van der Waals surface area contributed by atoms with Gasteiger partial charge in [0.2, 0.25) is 0 Å². The highest BCUT2D eigenvalue weighted by atomic mass is 35.5. The largest absolute Gasteiger partial charge is 0.345 e. The van der Waals surface area contributed by atoms with Crippen molar-refractivity contribution in [2.75, 3.05) is 0 Å². The fraction of sp³-hybridized carbons (Fsp3) is 0.267. The molecule has 0 fully saturated rings. The van der Waals surface area contributed by atoms with Crippen LogP contribution in [0.3, 0.4) is 0 Å². The first kappa shape index (κ1) is 12.7. The maximum Gasteiger partial charge on any atom is 0.261 e. The Hall–Kier alpha value is -1.32. The van der Waals surface area contributed by atoms with Crippen molar-refractivity contribution in [1.82, 2.24) is 5.32 Å². The van der Waals surface area contributed by atoms with Crippen LogP contribution in [0.5, 0.6) is 0 Å². The monoisotopic (exact) mass is 291 g/mol. The Labute approximate surface area is 121 Å². The summed E-state index contributed by atoms with van der Waals surface area (Å²) < 4.78 is 0.647. The van der Waals surface area contributed by atoms with Crippen molar-refractivity contribution in [2.45, 2.75) is 25.3 Å². The van der Waals surface area contributed by atoms with Gasteiger partial charge in [-0.1, -0.05) is 35.9 Å². The number of aryl methyl sites for hydroxylation is 1. The molecule has 0 saturated heterocycles. The fourth-order valence-electron chi connectivity index (χ4n) is 2.57. The summed E-state index contributed by atoms with van der Waals surface area (Å²) in [7, 11) is 0. The quantitative estimate of drug-likeness (QED) is 0.882. The van der Waals surface area contributed by atoms with E-state index in [0.717, 1.165) is 19.3 Å². The lowest BCUT2D eigenvalue weighted by Gasteiger charge is -2.26. The smallest absolute Gasteiger partial charge is 0.261 e. The van der Waals surface area contributed by atoms with Gasteiger partial charge >= 0.3 is 0 Å². The molecular weight excluding hydrogens is 278 g/mol. The Morgan fingerprint density at radius 1 is 1.26 bits per heavy atom. The summed E-state index contributed by atoms with van der Waals surface area (Å²) in [5.41, 5.74) is 2.60. The highest BCUT2D eigenvalue weighted by molar-refractivity contribution is 7.17. The van der Waals surface area contributed by atoms with E-state index in [4.69, 9.17) is 11.6 Å². The topological polar surface area (TPSA) is 29.1 Å². The molecule has 1 amide bonds. The molecule has 1 aromatic carbocycles. The number of halogens is 1. The number of fused-ring (bicyclic) bond motifs is 1. The van der Waals surface area contributed by atoms with E-state index in [2.05, 4.69) is 23.5 Å². The van der Waals surface area contributed by atoms with Gasteiger partial charge in [-0.3, -0.25) is 4.79 Å². The van der Waals surface area contributed by atoms with Gasteiger partial charge in [0, 0.05) is 0 Å². The van der Waals surface area contributed by atoms with E-state index in [1.54, 1.807) is 12.1 Å². The van der Waals surface area contributed by atoms with Crippen molar-refractivity contribution < 1.29 is 4.79 Å². The summed E-state index contributed by atoms with van der Waals surface area (Å²) in [5.74, 6) is -0.0291. The molecule has 98 valence electrons. The SMILES string of the molecule is O=C(N[C@@H]1CCCc2ccccc21)c1ccc(Cl)s1. The van der Waals surface area contributed by atoms with Gasteiger partial charge in [0.15, 0.2) is 0 Å². The van der Waals surface area contributed by atoms with Crippen LogP contribution in [0.1, 0.15) is 39.7 Å². The van der Waals surface area contributed by atoms with Crippen LogP contribution in [0.15, 0.2) is 36.4 Å². The van der Waals surface area contributed by atoms with Crippen molar-refractivity contribution in [2.24, 2.45) is 0 Å². The summed E-state index contributed by atoms with van der Waals surface area (Å²) in [4.78, 5) is 12.9. The van der Waals surface area contributed by atoms with Gasteiger partial charge in [0.05, 0.1) is 15.3 Å². The fourth-order valence-corrected chi connectivity index (χ4v) is 3.52. The molecule has 0 radical (unpaired) electrons. The van der Waals surface area contributed by atoms with E-state index >= 15 is 0 Å². The number of nitrogens with one attached hydrogen (secondary N) is 1. The molecule has 1 atom stereocenters. The number of benzene rings is 1. The van der Waals surface area contributed by atoms with Crippen LogP contribution in [-0.2, 0) is 6.42 Å². The van der Waals surface area contributed by atoms with Gasteiger partial charge in [0.1, 0.15) is 0 Å². The highest BCUT2D eigenvalue weighted by Gasteiger charge is 2.22. The Kier molecular flexibility index (Phi) is 3.58. The summed E-state index contributed by atoms with van der Waals surface area (Å²) in [6, 6.07) is 12.0. The van der Waals surface area contributed by atoms with Crippen LogP contribution in [-0.4, -0.2) is 5.91 Å². The first-order valence-electron chi connectivity index (χ1n) is 6.38. The van der Waals surface area contributed by atoms with Crippen LogP contribution in [0.25, 0.3) is 0 Å². The van der Waals surface area contributed by atoms with E-state index in [1.165, 1.54) is 22.5 Å². The molecule has 0 spiro atoms. The molecule has 1 heterocycles. The number of hydrogen-bond donors (Lipinski definition) is 1. The third-order valence-electron chi connectivity index (χ3n) is 3.47. The average molecular weight is 292 g/mol. The Balaban J connectivity index is 1.79. The van der Waals surface area contributed by atoms with Gasteiger partial charge < -0.3 is 5.32 Å². The number of thiophene rings is 1. The second-order valence-electron chi connectivity index (χ2n) is 4.72. The minimum atomic E-state index is -0.0291. The number of carbonyl (C=O) groups excluding carboxylic acids is 1. The normalized spacial score (nSPS) is 17.8. The number of hydrogen-bond acceptors (Lipinski definition) is 2. The standard InChI is InChI=1S/C15H14ClNOS/c16-14-9-8-13(19-14)15(18)17-12-7-3-5-10-4-1-2-6-11(10)12/h1-2,4,6,8-9,12H,3,5,7H2,(H,17,18)/t12-/m1/s1. The average Bonchev–Trinajstić information content (AvgIpc) is 2.86. The van der Waals surface area contributed by atoms with Gasteiger partial charge in [-0.05, 0) is 42.5 Å². The number of amides is 1. The van der Waals surface area contributed by atoms with E-state index in [0.29, 0.717) is 9.21 Å². The first-order chi connectivity index (χ1) is 9.24. The van der Waals surface area contributed by atoms with Gasteiger partial charge in [-0.25, -0.2) is 0 Å². The Morgan fingerprint density at radius 3 is 2.89 bits per heavy atom. The molecule has 1 N–H and O–H groups in total. The molecule has 2 aromatic rings. The molecule has 0 aliphatic heterocycles. The molecule has 1 aromatic heterocycles. The van der Waals surface area contributed by atoms with E-state index in [1.807, 2.05) is 6.07 Å². The van der Waals surface area contributed by atoms with Crippen LogP contribution < -0.4 is 5.32 Å². The molecular formula is C15H14ClNOS. The third-order valence-corrected chi connectivity index (χ3v) is 4.70. The summed E-state index contributed by atoms with van der Waals surface area (Å²) in [6.45, 7) is 0. The first-order valence-corrected chi connectivity index (χ1v) is 7.57. The third kappa shape index (κ3) is 2.67. The van der Waals surface area contributed by atoms with Crippen molar-refractivity contribution in [3.05, 3.63) is 56.7 Å². The highest BCUT2D eigenvalue weighted by Crippen LogP contribution is 2.30. The van der Waals surface area contributed by atoms with Gasteiger partial charge in [0.25, 0.3) is 5.91 Å². The summed E-state index contributed by atoms with van der Waals surface area (Å²) in [6.07, 6.45) is 3.22. The lowest BCUT2D eigenvalue weighted by molar-refractivity contribution is 0.0937. The maximum absolute atomic E-state index is 12.2. The van der Waals surface area contributed by atoms with Crippen molar-refractivity contribution in [3.63, 3.8) is 0 Å². The zero-order valence-corrected chi connectivity index (χ0v) is 11.9. The Bertz CT molecular complexity index is 608. The number of rotatable bonds is 2. The molecule has 3 rings (SSSR count). The van der Waals surface area contributed by atoms with Crippen molar-refractivity contribution in [3.8, 4) is 0 Å². The molecule has 0 unspecified atom stereocenters. The zero-order chi connectivity index (χ0) is 13.2. The molecule has 19 heavy (non-hydrogen) atoms. The predicted molar refractivity (Wildman–Crippen MR) is 78.9 cm³/mol. The van der Waals surface area contributed by atoms with E-state index < -0.39 is 0 Å². The van der Waals surface area contributed by atoms with Gasteiger partial charge in [-0.2, -0.15) is 0 Å². The van der Waals surface area contributed by atoms with Crippen LogP contribution in [0.2, 0.25) is 4.34 Å². The molecule has 1 aliphatic rings. The van der Waals surface area contributed by atoms with E-state index in [9.17, 15) is 4.79 Å². The number of carbonyl (C=O) groups is 1. The van der Waals surface area contributed by atoms with Crippen molar-refractivity contribution >= 4 is 28.8 Å². The van der Waals surface area contributed by atoms with Crippen LogP contribution in [0.4, 0.5) is 0 Å². The molecule has 0 saturated carbocycles. The van der Waals surface area contributed by atoms with Crippen molar-refractivity contribution in [1.29, 1.82) is 0 Å². The Morgan fingerprint density at radius 2 is 2.11 bits per heavy atom.